The molecule has 5 nitrogen and oxygen atoms in total. The van der Waals surface area contributed by atoms with Crippen molar-refractivity contribution >= 4 is 27.3 Å². The quantitative estimate of drug-likeness (QED) is 0.672. The highest BCUT2D eigenvalue weighted by Crippen LogP contribution is 2.29. The topological polar surface area (TPSA) is 58.4 Å². The fourth-order valence-corrected chi connectivity index (χ4v) is 3.04. The average Bonchev–Trinajstić information content (AvgIpc) is 2.41. The van der Waals surface area contributed by atoms with Crippen LogP contribution in [-0.2, 0) is 0 Å². The Bertz CT molecular complexity index is 487. The molecule has 110 valence electrons. The van der Waals surface area contributed by atoms with Crippen LogP contribution in [0.4, 0.5) is 11.4 Å². The second kappa shape index (κ2) is 6.54. The first-order chi connectivity index (χ1) is 9.47. The van der Waals surface area contributed by atoms with Crippen LogP contribution in [0.5, 0.6) is 0 Å². The summed E-state index contributed by atoms with van der Waals surface area (Å²) < 4.78 is 0.514. The molecule has 0 spiro atoms. The summed E-state index contributed by atoms with van der Waals surface area (Å²) >= 11 is 3.21. The Kier molecular flexibility index (Phi) is 4.99. The second-order valence-electron chi connectivity index (χ2n) is 5.50. The Morgan fingerprint density at radius 3 is 2.70 bits per heavy atom. The van der Waals surface area contributed by atoms with E-state index >= 15 is 0 Å². The van der Waals surface area contributed by atoms with Crippen molar-refractivity contribution < 1.29 is 4.92 Å². The number of piperidine rings is 1. The van der Waals surface area contributed by atoms with Crippen molar-refractivity contribution in [3.05, 3.63) is 32.8 Å². The fraction of sp³-hybridized carbons (Fsp3) is 0.571. The molecule has 1 atom stereocenters. The van der Waals surface area contributed by atoms with Crippen LogP contribution in [0.3, 0.4) is 0 Å². The number of nitro groups is 1. The molecule has 0 aromatic heterocycles. The van der Waals surface area contributed by atoms with E-state index in [9.17, 15) is 10.1 Å². The minimum absolute atomic E-state index is 0.102. The Morgan fingerprint density at radius 1 is 1.45 bits per heavy atom. The molecule has 1 saturated heterocycles. The van der Waals surface area contributed by atoms with E-state index in [1.807, 2.05) is 6.07 Å². The summed E-state index contributed by atoms with van der Waals surface area (Å²) in [6.45, 7) is 4.40. The van der Waals surface area contributed by atoms with Crippen LogP contribution >= 0.6 is 15.9 Å². The van der Waals surface area contributed by atoms with Crippen LogP contribution in [0.25, 0.3) is 0 Å². The number of anilines is 1. The first kappa shape index (κ1) is 15.3. The summed E-state index contributed by atoms with van der Waals surface area (Å²) in [7, 11) is 2.15. The maximum absolute atomic E-state index is 10.9. The number of rotatable bonds is 4. The summed E-state index contributed by atoms with van der Waals surface area (Å²) in [6.07, 6.45) is 2.34. The second-order valence-corrected chi connectivity index (χ2v) is 6.35. The highest BCUT2D eigenvalue weighted by atomic mass is 79.9. The van der Waals surface area contributed by atoms with Crippen LogP contribution < -0.4 is 5.32 Å². The van der Waals surface area contributed by atoms with E-state index in [-0.39, 0.29) is 10.6 Å². The number of benzene rings is 1. The van der Waals surface area contributed by atoms with Crippen molar-refractivity contribution in [2.24, 2.45) is 5.92 Å². The summed E-state index contributed by atoms with van der Waals surface area (Å²) in [4.78, 5) is 12.9. The predicted octanol–water partition coefficient (Wildman–Crippen LogP) is 3.50. The van der Waals surface area contributed by atoms with Gasteiger partial charge in [0.2, 0.25) is 0 Å². The lowest BCUT2D eigenvalue weighted by atomic mass is 9.90. The van der Waals surface area contributed by atoms with Gasteiger partial charge in [-0.25, -0.2) is 0 Å². The number of hydrogen-bond donors (Lipinski definition) is 1. The van der Waals surface area contributed by atoms with E-state index in [1.165, 1.54) is 12.8 Å². The minimum atomic E-state index is -0.366. The van der Waals surface area contributed by atoms with Crippen molar-refractivity contribution in [3.63, 3.8) is 0 Å². The van der Waals surface area contributed by atoms with Crippen molar-refractivity contribution in [3.8, 4) is 0 Å². The first-order valence-corrected chi connectivity index (χ1v) is 7.65. The van der Waals surface area contributed by atoms with Crippen LogP contribution in [0.15, 0.2) is 22.7 Å². The predicted molar refractivity (Wildman–Crippen MR) is 84.1 cm³/mol. The van der Waals surface area contributed by atoms with Gasteiger partial charge in [-0.05, 0) is 73.9 Å². The molecule has 1 unspecified atom stereocenters. The van der Waals surface area contributed by atoms with Gasteiger partial charge in [0.25, 0.3) is 5.69 Å². The number of nitro benzene ring substituents is 1. The lowest BCUT2D eigenvalue weighted by molar-refractivity contribution is -0.385. The number of nitrogens with zero attached hydrogens (tertiary/aromatic N) is 2. The summed E-state index contributed by atoms with van der Waals surface area (Å²) in [5.41, 5.74) is 0.914. The highest BCUT2D eigenvalue weighted by molar-refractivity contribution is 9.10. The molecule has 6 heteroatoms. The zero-order valence-corrected chi connectivity index (χ0v) is 13.4. The van der Waals surface area contributed by atoms with Crippen molar-refractivity contribution in [2.45, 2.75) is 25.8 Å². The van der Waals surface area contributed by atoms with Gasteiger partial charge in [-0.15, -0.1) is 0 Å². The Hall–Kier alpha value is -1.14. The average molecular weight is 342 g/mol. The Balaban J connectivity index is 2.02. The number of hydrogen-bond acceptors (Lipinski definition) is 4. The van der Waals surface area contributed by atoms with Gasteiger partial charge in [-0.2, -0.15) is 0 Å². The van der Waals surface area contributed by atoms with E-state index in [2.05, 4.69) is 40.1 Å². The van der Waals surface area contributed by atoms with Crippen molar-refractivity contribution in [1.82, 2.24) is 4.90 Å². The van der Waals surface area contributed by atoms with Gasteiger partial charge >= 0.3 is 0 Å². The van der Waals surface area contributed by atoms with Crippen LogP contribution in [0, 0.1) is 16.0 Å². The maximum Gasteiger partial charge on any atom is 0.285 e. The molecule has 1 aromatic carbocycles. The third-order valence-corrected chi connectivity index (χ3v) is 4.68. The van der Waals surface area contributed by atoms with Gasteiger partial charge in [0.15, 0.2) is 0 Å². The van der Waals surface area contributed by atoms with Gasteiger partial charge < -0.3 is 10.2 Å². The van der Waals surface area contributed by atoms with E-state index in [0.29, 0.717) is 16.4 Å². The van der Waals surface area contributed by atoms with Crippen LogP contribution in [0.1, 0.15) is 19.8 Å². The molecule has 1 heterocycles. The van der Waals surface area contributed by atoms with E-state index < -0.39 is 0 Å². The molecule has 0 aliphatic carbocycles. The SMILES string of the molecule is CC(Nc1ccc(Br)c([N+](=O)[O-])c1)C1CCN(C)CC1. The Morgan fingerprint density at radius 2 is 2.10 bits per heavy atom. The van der Waals surface area contributed by atoms with Crippen molar-refractivity contribution in [1.29, 1.82) is 0 Å². The third-order valence-electron chi connectivity index (χ3n) is 4.01. The van der Waals surface area contributed by atoms with Gasteiger partial charge in [0.1, 0.15) is 0 Å². The molecule has 1 aromatic rings. The van der Waals surface area contributed by atoms with Gasteiger partial charge in [0, 0.05) is 17.8 Å². The minimum Gasteiger partial charge on any atom is -0.382 e. The molecule has 1 aliphatic rings. The first-order valence-electron chi connectivity index (χ1n) is 6.86. The molecule has 1 fully saturated rings. The lowest BCUT2D eigenvalue weighted by Gasteiger charge is -2.33. The number of nitrogens with one attached hydrogen (secondary N) is 1. The monoisotopic (exact) mass is 341 g/mol. The normalized spacial score (nSPS) is 18.8. The zero-order chi connectivity index (χ0) is 14.7. The zero-order valence-electron chi connectivity index (χ0n) is 11.8. The molecule has 2 rings (SSSR count). The molecular formula is C14H20BrN3O2. The van der Waals surface area contributed by atoms with Gasteiger partial charge in [-0.3, -0.25) is 10.1 Å². The molecular weight excluding hydrogens is 322 g/mol. The molecule has 0 radical (unpaired) electrons. The van der Waals surface area contributed by atoms with E-state index in [1.54, 1.807) is 12.1 Å². The molecule has 0 amide bonds. The van der Waals surface area contributed by atoms with E-state index in [4.69, 9.17) is 0 Å². The highest BCUT2D eigenvalue weighted by Gasteiger charge is 2.22. The molecule has 1 N–H and O–H groups in total. The molecule has 0 bridgehead atoms. The molecule has 1 aliphatic heterocycles. The molecule has 20 heavy (non-hydrogen) atoms. The standard InChI is InChI=1S/C14H20BrN3O2/c1-10(11-5-7-17(2)8-6-11)16-12-3-4-13(15)14(9-12)18(19)20/h3-4,9-11,16H,5-8H2,1-2H3. The summed E-state index contributed by atoms with van der Waals surface area (Å²) in [5, 5.41) is 14.3. The van der Waals surface area contributed by atoms with Crippen LogP contribution in [0.2, 0.25) is 0 Å². The smallest absolute Gasteiger partial charge is 0.285 e. The number of likely N-dealkylation sites (tertiary alicyclic amines) is 1. The van der Waals surface area contributed by atoms with E-state index in [0.717, 1.165) is 18.8 Å². The number of halogens is 1. The van der Waals surface area contributed by atoms with Crippen LogP contribution in [-0.4, -0.2) is 36.0 Å². The fourth-order valence-electron chi connectivity index (χ4n) is 2.65. The Labute approximate surface area is 127 Å². The van der Waals surface area contributed by atoms with Crippen molar-refractivity contribution in [2.75, 3.05) is 25.5 Å². The largest absolute Gasteiger partial charge is 0.382 e. The lowest BCUT2D eigenvalue weighted by Crippen LogP contribution is -2.37. The third kappa shape index (κ3) is 3.70. The summed E-state index contributed by atoms with van der Waals surface area (Å²) in [5.74, 6) is 0.619. The molecule has 0 saturated carbocycles. The van der Waals surface area contributed by atoms with Gasteiger partial charge in [0.05, 0.1) is 9.40 Å². The summed E-state index contributed by atoms with van der Waals surface area (Å²) in [6, 6.07) is 5.52. The maximum atomic E-state index is 10.9. The van der Waals surface area contributed by atoms with Gasteiger partial charge in [-0.1, -0.05) is 0 Å².